The normalized spacial score (nSPS) is 26.1. The molecule has 3 amide bonds. The molecule has 3 fully saturated rings. The fraction of sp³-hybridized carbons (Fsp3) is 0.595. The van der Waals surface area contributed by atoms with Crippen molar-refractivity contribution in [3.8, 4) is 0 Å². The molecule has 3 aliphatic carbocycles. The third-order valence-corrected chi connectivity index (χ3v) is 11.0. The summed E-state index contributed by atoms with van der Waals surface area (Å²) >= 11 is 7.33. The van der Waals surface area contributed by atoms with Crippen LogP contribution in [0.4, 0.5) is 4.39 Å². The second-order valence-electron chi connectivity index (χ2n) is 14.8. The molecule has 1 aromatic carbocycles. The molecule has 1 aliphatic heterocycles. The molecule has 4 N–H and O–H groups in total. The van der Waals surface area contributed by atoms with Crippen LogP contribution in [0.1, 0.15) is 77.7 Å². The van der Waals surface area contributed by atoms with E-state index in [9.17, 15) is 18.8 Å². The van der Waals surface area contributed by atoms with Crippen LogP contribution >= 0.6 is 0 Å². The first kappa shape index (κ1) is 37.0. The summed E-state index contributed by atoms with van der Waals surface area (Å²) in [5, 5.41) is 6.35. The van der Waals surface area contributed by atoms with Crippen LogP contribution in [0.3, 0.4) is 0 Å². The van der Waals surface area contributed by atoms with Crippen LogP contribution in [0.2, 0.25) is 0 Å². The van der Waals surface area contributed by atoms with Gasteiger partial charge in [0, 0.05) is 59.4 Å². The first-order chi connectivity index (χ1) is 22.4. The van der Waals surface area contributed by atoms with Crippen molar-refractivity contribution >= 4 is 40.1 Å². The Morgan fingerprint density at radius 1 is 1.02 bits per heavy atom. The number of nitrogens with one attached hydrogen (secondary N) is 2. The Kier molecular flexibility index (Phi) is 12.3. The molecule has 1 saturated heterocycles. The lowest BCUT2D eigenvalue weighted by molar-refractivity contribution is -0.147. The average Bonchev–Trinajstić information content (AvgIpc) is 3.60. The fourth-order valence-corrected chi connectivity index (χ4v) is 8.69. The molecule has 10 heteroatoms. The Hall–Kier alpha value is -2.82. The summed E-state index contributed by atoms with van der Waals surface area (Å²) in [6.07, 6.45) is 11.4. The predicted octanol–water partition coefficient (Wildman–Crippen LogP) is 5.21. The minimum absolute atomic E-state index is 0.0387. The SMILES string of the molecule is C=CC1=C(C=C)C2CC1C(N)C2C(=O)N[C@H](Cc1ccc(F)cc1)C(=O)N1CCC(C(=O)NC(C)(C)C)(C2CCCCC2)CC1.S=S. The van der Waals surface area contributed by atoms with Gasteiger partial charge in [-0.2, -0.15) is 0 Å². The number of nitrogens with zero attached hydrogens (tertiary/aromatic N) is 1. The third-order valence-electron chi connectivity index (χ3n) is 11.0. The number of amides is 3. The lowest BCUT2D eigenvalue weighted by Crippen LogP contribution is -2.59. The molecule has 2 saturated carbocycles. The average molecular weight is 683 g/mol. The van der Waals surface area contributed by atoms with Crippen molar-refractivity contribution in [2.75, 3.05) is 13.1 Å². The number of nitrogens with two attached hydrogens (primary N) is 1. The summed E-state index contributed by atoms with van der Waals surface area (Å²) in [6, 6.07) is 4.84. The smallest absolute Gasteiger partial charge is 0.245 e. The van der Waals surface area contributed by atoms with Gasteiger partial charge in [-0.05, 0) is 93.6 Å². The van der Waals surface area contributed by atoms with Gasteiger partial charge in [0.1, 0.15) is 11.9 Å². The maximum atomic E-state index is 14.2. The number of fused-ring (bicyclic) bond motifs is 2. The van der Waals surface area contributed by atoms with E-state index in [-0.39, 0.29) is 53.4 Å². The van der Waals surface area contributed by atoms with E-state index >= 15 is 0 Å². The van der Waals surface area contributed by atoms with Crippen LogP contribution in [0, 0.1) is 34.9 Å². The van der Waals surface area contributed by atoms with Crippen molar-refractivity contribution < 1.29 is 18.8 Å². The third kappa shape index (κ3) is 7.92. The number of likely N-dealkylation sites (tertiary alicyclic amines) is 1. The van der Waals surface area contributed by atoms with Crippen molar-refractivity contribution in [3.05, 3.63) is 72.1 Å². The molecule has 5 rings (SSSR count). The second kappa shape index (κ2) is 15.6. The van der Waals surface area contributed by atoms with Gasteiger partial charge in [0.15, 0.2) is 0 Å². The first-order valence-corrected chi connectivity index (χ1v) is 18.3. The highest BCUT2D eigenvalue weighted by Gasteiger charge is 2.53. The van der Waals surface area contributed by atoms with Crippen LogP contribution in [-0.4, -0.2) is 53.3 Å². The van der Waals surface area contributed by atoms with Gasteiger partial charge >= 0.3 is 0 Å². The molecule has 0 radical (unpaired) electrons. The van der Waals surface area contributed by atoms with Crippen molar-refractivity contribution in [2.24, 2.45) is 34.8 Å². The zero-order valence-corrected chi connectivity index (χ0v) is 29.7. The summed E-state index contributed by atoms with van der Waals surface area (Å²) in [4.78, 5) is 43.8. The summed E-state index contributed by atoms with van der Waals surface area (Å²) in [6.45, 7) is 14.8. The monoisotopic (exact) mass is 682 g/mol. The topological polar surface area (TPSA) is 105 Å². The van der Waals surface area contributed by atoms with E-state index in [0.717, 1.165) is 48.8 Å². The fourth-order valence-electron chi connectivity index (χ4n) is 8.69. The first-order valence-electron chi connectivity index (χ1n) is 17.0. The molecular weight excluding hydrogens is 632 g/mol. The molecule has 0 aromatic heterocycles. The summed E-state index contributed by atoms with van der Waals surface area (Å²) in [5.41, 5.74) is 8.62. The standard InChI is InChI=1S/C37H51FN4O3.S2/c1-6-26-27(7-2)29-22-28(26)31(32(29)39)33(43)40-30(21-23-13-15-25(38)16-14-23)34(44)42-19-17-37(18-20-42,24-11-9-8-10-12-24)35(45)41-36(3,4)5;1-2/h6-7,13-16,24,28-32H,1-2,8-12,17-22,39H2,3-5H3,(H,40,43)(H,41,45);/t28?,29?,30-,31?,32?;/m1./s1. The molecule has 7 nitrogen and oxygen atoms in total. The van der Waals surface area contributed by atoms with Crippen LogP contribution in [0.5, 0.6) is 0 Å². The number of halogens is 1. The minimum atomic E-state index is -0.838. The Labute approximate surface area is 289 Å². The maximum Gasteiger partial charge on any atom is 0.245 e. The van der Waals surface area contributed by atoms with E-state index in [4.69, 9.17) is 5.73 Å². The van der Waals surface area contributed by atoms with Gasteiger partial charge < -0.3 is 21.3 Å². The highest BCUT2D eigenvalue weighted by atomic mass is 32.8. The lowest BCUT2D eigenvalue weighted by Gasteiger charge is -2.48. The van der Waals surface area contributed by atoms with E-state index in [0.29, 0.717) is 31.8 Å². The number of hydrogen-bond donors (Lipinski definition) is 3. The van der Waals surface area contributed by atoms with E-state index in [1.165, 1.54) is 18.6 Å². The van der Waals surface area contributed by atoms with Crippen molar-refractivity contribution in [1.29, 1.82) is 0 Å². The second-order valence-corrected chi connectivity index (χ2v) is 14.8. The zero-order chi connectivity index (χ0) is 34.5. The predicted molar refractivity (Wildman–Crippen MR) is 190 cm³/mol. The molecule has 0 spiro atoms. The Morgan fingerprint density at radius 3 is 2.15 bits per heavy atom. The minimum Gasteiger partial charge on any atom is -0.351 e. The van der Waals surface area contributed by atoms with Gasteiger partial charge in [0.05, 0.1) is 11.3 Å². The van der Waals surface area contributed by atoms with E-state index in [1.807, 2.05) is 31.7 Å². The highest BCUT2D eigenvalue weighted by Crippen LogP contribution is 2.52. The molecule has 5 atom stereocenters. The molecule has 1 heterocycles. The number of carbonyl (C=O) groups is 3. The van der Waals surface area contributed by atoms with Crippen LogP contribution in [0.25, 0.3) is 0 Å². The molecule has 4 aliphatic rings. The van der Waals surface area contributed by atoms with Crippen LogP contribution in [-0.2, 0) is 43.2 Å². The number of hydrogen-bond acceptors (Lipinski definition) is 6. The van der Waals surface area contributed by atoms with E-state index < -0.39 is 17.4 Å². The van der Waals surface area contributed by atoms with Gasteiger partial charge in [-0.25, -0.2) is 4.39 Å². The van der Waals surface area contributed by atoms with E-state index in [2.05, 4.69) is 46.2 Å². The number of benzene rings is 1. The number of carbonyl (C=O) groups excluding carboxylic acids is 3. The van der Waals surface area contributed by atoms with Crippen LogP contribution in [0.15, 0.2) is 60.7 Å². The zero-order valence-electron chi connectivity index (χ0n) is 28.1. The quantitative estimate of drug-likeness (QED) is 0.331. The largest absolute Gasteiger partial charge is 0.351 e. The molecule has 1 aromatic rings. The van der Waals surface area contributed by atoms with Gasteiger partial charge in [-0.3, -0.25) is 14.4 Å². The van der Waals surface area contributed by atoms with Crippen molar-refractivity contribution in [3.63, 3.8) is 0 Å². The Balaban J connectivity index is 0.00000245. The van der Waals surface area contributed by atoms with Crippen molar-refractivity contribution in [1.82, 2.24) is 15.5 Å². The van der Waals surface area contributed by atoms with Gasteiger partial charge in [0.2, 0.25) is 17.7 Å². The molecule has 256 valence electrons. The Bertz CT molecular complexity index is 1360. The summed E-state index contributed by atoms with van der Waals surface area (Å²) in [7, 11) is 0. The number of allylic oxidation sites excluding steroid dienone is 3. The van der Waals surface area contributed by atoms with E-state index in [1.54, 1.807) is 18.2 Å². The van der Waals surface area contributed by atoms with Crippen molar-refractivity contribution in [2.45, 2.75) is 96.2 Å². The molecule has 2 bridgehead atoms. The number of rotatable bonds is 9. The molecular formula is C37H51FN4O3S2. The maximum absolute atomic E-state index is 14.2. The van der Waals surface area contributed by atoms with Crippen LogP contribution < -0.4 is 16.4 Å². The summed E-state index contributed by atoms with van der Waals surface area (Å²) in [5.74, 6) is -0.880. The Morgan fingerprint density at radius 2 is 1.60 bits per heavy atom. The number of piperidine rings is 1. The summed E-state index contributed by atoms with van der Waals surface area (Å²) < 4.78 is 13.7. The molecule has 47 heavy (non-hydrogen) atoms. The molecule has 4 unspecified atom stereocenters. The lowest BCUT2D eigenvalue weighted by atomic mass is 9.63. The van der Waals surface area contributed by atoms with Gasteiger partial charge in [-0.15, -0.1) is 0 Å². The highest BCUT2D eigenvalue weighted by molar-refractivity contribution is 8.07. The van der Waals surface area contributed by atoms with Gasteiger partial charge in [0.25, 0.3) is 0 Å². The van der Waals surface area contributed by atoms with Gasteiger partial charge in [-0.1, -0.05) is 56.7 Å².